The number of aromatic amines is 2. The molecule has 0 aliphatic heterocycles. The number of methoxy groups -OCH3 is 2. The van der Waals surface area contributed by atoms with Crippen molar-refractivity contribution in [2.24, 2.45) is 20.5 Å². The summed E-state index contributed by atoms with van der Waals surface area (Å²) in [6.07, 6.45) is -0.703. The molecule has 0 saturated carbocycles. The van der Waals surface area contributed by atoms with E-state index in [1.54, 1.807) is 36.4 Å². The van der Waals surface area contributed by atoms with E-state index in [0.29, 0.717) is 33.3 Å². The van der Waals surface area contributed by atoms with Gasteiger partial charge in [0, 0.05) is 10.8 Å². The largest absolute Gasteiger partial charge is 0.497 e. The molecule has 4 rings (SSSR count). The van der Waals surface area contributed by atoms with Crippen LogP contribution in [0.3, 0.4) is 0 Å². The first kappa shape index (κ1) is 21.5. The molecule has 0 saturated heterocycles. The Balaban J connectivity index is 1.48. The summed E-state index contributed by atoms with van der Waals surface area (Å²) >= 11 is 0. The summed E-state index contributed by atoms with van der Waals surface area (Å²) in [5.74, 6) is -1.30. The zero-order valence-corrected chi connectivity index (χ0v) is 17.5. The maximum atomic E-state index is 12.1. The third-order valence-corrected chi connectivity index (χ3v) is 4.74. The molecule has 12 heteroatoms. The molecule has 12 nitrogen and oxygen atoms in total. The number of nitrogens with zero attached hydrogens (tertiary/aromatic N) is 4. The maximum absolute atomic E-state index is 12.1. The number of azo groups is 2. The smallest absolute Gasteiger partial charge is 0.274 e. The van der Waals surface area contributed by atoms with Crippen LogP contribution in [0.1, 0.15) is 6.42 Å². The molecule has 0 aliphatic carbocycles. The highest BCUT2D eigenvalue weighted by molar-refractivity contribution is 5.99. The predicted octanol–water partition coefficient (Wildman–Crippen LogP) is 4.39. The summed E-state index contributed by atoms with van der Waals surface area (Å²) in [5.41, 5.74) is 1.19. The molecule has 33 heavy (non-hydrogen) atoms. The first-order chi connectivity index (χ1) is 15.9. The molecular formula is C21H18N6O6. The molecule has 0 bridgehead atoms. The zero-order valence-electron chi connectivity index (χ0n) is 17.5. The van der Waals surface area contributed by atoms with E-state index in [1.165, 1.54) is 14.2 Å². The number of nitrogens with one attached hydrogen (secondary N) is 2. The van der Waals surface area contributed by atoms with E-state index in [9.17, 15) is 19.8 Å². The van der Waals surface area contributed by atoms with Crippen LogP contribution in [0.25, 0.3) is 21.8 Å². The third kappa shape index (κ3) is 4.35. The summed E-state index contributed by atoms with van der Waals surface area (Å²) in [5, 5.41) is 35.5. The predicted molar refractivity (Wildman–Crippen MR) is 117 cm³/mol. The van der Waals surface area contributed by atoms with Crippen LogP contribution in [0, 0.1) is 0 Å². The molecule has 168 valence electrons. The SMILES string of the molecule is COc1ccc2[nH]c(O)c(N=NC(=O)CC(=O)N=Nc3c(O)[nH]c4ccc(OC)cc34)c2c1. The number of H-pyrrole nitrogens is 2. The van der Waals surface area contributed by atoms with E-state index in [-0.39, 0.29) is 23.1 Å². The Morgan fingerprint density at radius 3 is 1.61 bits per heavy atom. The van der Waals surface area contributed by atoms with Crippen molar-refractivity contribution >= 4 is 45.0 Å². The average molecular weight is 450 g/mol. The van der Waals surface area contributed by atoms with Crippen LogP contribution < -0.4 is 9.47 Å². The van der Waals surface area contributed by atoms with E-state index in [1.807, 2.05) is 0 Å². The molecule has 0 unspecified atom stereocenters. The van der Waals surface area contributed by atoms with Gasteiger partial charge in [0.2, 0.25) is 11.8 Å². The number of aromatic hydroxyl groups is 2. The van der Waals surface area contributed by atoms with Crippen LogP contribution in [0.2, 0.25) is 0 Å². The van der Waals surface area contributed by atoms with Crippen LogP contribution in [0.5, 0.6) is 23.3 Å². The van der Waals surface area contributed by atoms with Gasteiger partial charge in [0.05, 0.1) is 25.3 Å². The Kier molecular flexibility index (Phi) is 5.72. The van der Waals surface area contributed by atoms with Gasteiger partial charge in [-0.05, 0) is 36.4 Å². The monoisotopic (exact) mass is 450 g/mol. The number of carbonyl (C=O) groups excluding carboxylic acids is 2. The highest BCUT2D eigenvalue weighted by atomic mass is 16.5. The topological polar surface area (TPSA) is 174 Å². The number of amides is 2. The van der Waals surface area contributed by atoms with Crippen LogP contribution >= 0.6 is 0 Å². The Hall–Kier alpha value is -4.74. The van der Waals surface area contributed by atoms with Crippen molar-refractivity contribution in [2.45, 2.75) is 6.42 Å². The molecule has 0 spiro atoms. The molecule has 2 amide bonds. The van der Waals surface area contributed by atoms with Crippen molar-refractivity contribution < 1.29 is 29.3 Å². The Morgan fingerprint density at radius 2 is 1.21 bits per heavy atom. The van der Waals surface area contributed by atoms with Gasteiger partial charge in [0.1, 0.15) is 17.9 Å². The van der Waals surface area contributed by atoms with Crippen molar-refractivity contribution in [3.63, 3.8) is 0 Å². The number of hydrogen-bond donors (Lipinski definition) is 4. The van der Waals surface area contributed by atoms with Gasteiger partial charge in [-0.2, -0.15) is 0 Å². The molecule has 2 heterocycles. The second-order valence-corrected chi connectivity index (χ2v) is 6.83. The van der Waals surface area contributed by atoms with E-state index in [4.69, 9.17) is 9.47 Å². The van der Waals surface area contributed by atoms with E-state index >= 15 is 0 Å². The Morgan fingerprint density at radius 1 is 0.788 bits per heavy atom. The molecule has 2 aromatic carbocycles. The molecule has 0 radical (unpaired) electrons. The molecule has 4 aromatic rings. The molecule has 2 aromatic heterocycles. The minimum Gasteiger partial charge on any atom is -0.497 e. The van der Waals surface area contributed by atoms with E-state index in [0.717, 1.165) is 0 Å². The van der Waals surface area contributed by atoms with Gasteiger partial charge in [-0.15, -0.1) is 20.5 Å². The lowest BCUT2D eigenvalue weighted by Crippen LogP contribution is -2.01. The summed E-state index contributed by atoms with van der Waals surface area (Å²) in [7, 11) is 2.98. The normalized spacial score (nSPS) is 11.7. The lowest BCUT2D eigenvalue weighted by Gasteiger charge is -1.98. The fourth-order valence-corrected chi connectivity index (χ4v) is 3.15. The molecule has 0 aliphatic rings. The summed E-state index contributed by atoms with van der Waals surface area (Å²) in [4.78, 5) is 29.6. The molecule has 4 N–H and O–H groups in total. The van der Waals surface area contributed by atoms with Crippen LogP contribution in [0.15, 0.2) is 56.9 Å². The second kappa shape index (κ2) is 8.78. The Bertz CT molecular complexity index is 1330. The van der Waals surface area contributed by atoms with Crippen molar-refractivity contribution in [3.8, 4) is 23.3 Å². The first-order valence-corrected chi connectivity index (χ1v) is 9.56. The van der Waals surface area contributed by atoms with Crippen LogP contribution in [-0.2, 0) is 9.59 Å². The average Bonchev–Trinajstić information content (AvgIpc) is 3.29. The minimum atomic E-state index is -0.889. The summed E-state index contributed by atoms with van der Waals surface area (Å²) in [6, 6.07) is 9.97. The maximum Gasteiger partial charge on any atom is 0.274 e. The van der Waals surface area contributed by atoms with Crippen molar-refractivity contribution in [3.05, 3.63) is 36.4 Å². The van der Waals surface area contributed by atoms with Crippen molar-refractivity contribution in [1.82, 2.24) is 9.97 Å². The fourth-order valence-electron chi connectivity index (χ4n) is 3.15. The standard InChI is InChI=1S/C21H18N6O6/c1-32-10-3-5-14-12(7-10)18(20(30)22-14)26-24-16(28)9-17(29)25-27-19-13-8-11(33-2)4-6-15(13)23-21(19)31/h3-8,22-23,30-31H,9H2,1-2H3. The summed E-state index contributed by atoms with van der Waals surface area (Å²) < 4.78 is 10.3. The summed E-state index contributed by atoms with van der Waals surface area (Å²) in [6.45, 7) is 0. The minimum absolute atomic E-state index is 0.0315. The lowest BCUT2D eigenvalue weighted by molar-refractivity contribution is -0.126. The van der Waals surface area contributed by atoms with Crippen molar-refractivity contribution in [1.29, 1.82) is 0 Å². The van der Waals surface area contributed by atoms with Gasteiger partial charge in [0.25, 0.3) is 11.8 Å². The quantitative estimate of drug-likeness (QED) is 0.250. The van der Waals surface area contributed by atoms with Gasteiger partial charge in [-0.25, -0.2) is 0 Å². The molecular weight excluding hydrogens is 432 g/mol. The van der Waals surface area contributed by atoms with Gasteiger partial charge in [-0.1, -0.05) is 0 Å². The number of hydrogen-bond acceptors (Lipinski definition) is 8. The number of fused-ring (bicyclic) bond motifs is 2. The number of benzene rings is 2. The second-order valence-electron chi connectivity index (χ2n) is 6.83. The number of ether oxygens (including phenoxy) is 2. The Labute approximate surface area is 185 Å². The lowest BCUT2D eigenvalue weighted by atomic mass is 10.2. The fraction of sp³-hybridized carbons (Fsp3) is 0.143. The highest BCUT2D eigenvalue weighted by Gasteiger charge is 2.15. The molecule has 0 fully saturated rings. The van der Waals surface area contributed by atoms with E-state index < -0.39 is 18.2 Å². The van der Waals surface area contributed by atoms with Gasteiger partial charge < -0.3 is 29.7 Å². The number of aromatic nitrogens is 2. The molecule has 0 atom stereocenters. The van der Waals surface area contributed by atoms with Crippen LogP contribution in [-0.4, -0.2) is 46.2 Å². The van der Waals surface area contributed by atoms with Crippen molar-refractivity contribution in [2.75, 3.05) is 14.2 Å². The van der Waals surface area contributed by atoms with Crippen LogP contribution in [0.4, 0.5) is 11.4 Å². The highest BCUT2D eigenvalue weighted by Crippen LogP contribution is 2.38. The zero-order chi connectivity index (χ0) is 23.5. The van der Waals surface area contributed by atoms with Gasteiger partial charge in [0.15, 0.2) is 11.4 Å². The third-order valence-electron chi connectivity index (χ3n) is 4.74. The number of rotatable bonds is 6. The van der Waals surface area contributed by atoms with Gasteiger partial charge >= 0.3 is 0 Å². The van der Waals surface area contributed by atoms with E-state index in [2.05, 4.69) is 30.4 Å². The number of carbonyl (C=O) groups is 2. The van der Waals surface area contributed by atoms with Gasteiger partial charge in [-0.3, -0.25) is 9.59 Å². The first-order valence-electron chi connectivity index (χ1n) is 9.56.